The molecule has 0 bridgehead atoms. The summed E-state index contributed by atoms with van der Waals surface area (Å²) in [7, 11) is 0. The maximum absolute atomic E-state index is 11.2. The van der Waals surface area contributed by atoms with Gasteiger partial charge in [-0.25, -0.2) is 4.79 Å². The van der Waals surface area contributed by atoms with Gasteiger partial charge in [0.1, 0.15) is 5.75 Å². The number of carbonyl (C=O) groups excluding carboxylic acids is 1. The number of esters is 1. The predicted octanol–water partition coefficient (Wildman–Crippen LogP) is 1.92. The van der Waals surface area contributed by atoms with Crippen molar-refractivity contribution in [2.45, 2.75) is 6.92 Å². The average molecular weight is 262 g/mol. The van der Waals surface area contributed by atoms with Crippen LogP contribution in [0.5, 0.6) is 5.75 Å². The molecule has 0 saturated heterocycles. The first-order valence-corrected chi connectivity index (χ1v) is 5.81. The Kier molecular flexibility index (Phi) is 4.02. The van der Waals surface area contributed by atoms with Crippen molar-refractivity contribution in [3.63, 3.8) is 0 Å². The van der Waals surface area contributed by atoms with Gasteiger partial charge in [-0.05, 0) is 25.1 Å². The van der Waals surface area contributed by atoms with E-state index in [2.05, 4.69) is 10.1 Å². The van der Waals surface area contributed by atoms with E-state index in [9.17, 15) is 4.79 Å². The fourth-order valence-electron chi connectivity index (χ4n) is 1.73. The van der Waals surface area contributed by atoms with Crippen LogP contribution < -0.4 is 4.74 Å². The Balaban J connectivity index is 2.16. The van der Waals surface area contributed by atoms with E-state index in [-0.39, 0.29) is 6.61 Å². The molecule has 1 aromatic heterocycles. The lowest BCUT2D eigenvalue weighted by molar-refractivity contribution is -0.145. The van der Waals surface area contributed by atoms with Crippen LogP contribution in [0.4, 0.5) is 0 Å². The Morgan fingerprint density at radius 1 is 1.53 bits per heavy atom. The van der Waals surface area contributed by atoms with Crippen molar-refractivity contribution in [3.05, 3.63) is 30.0 Å². The standard InChI is InChI=1S/C13H14N2O4/c1-2-18-13(16)8-19-10-3-4-12-11(5-10)9(6-14-12)7-15-17/h3-7,14,17H,2,8H2,1H3. The number of H-pyrrole nitrogens is 1. The van der Waals surface area contributed by atoms with Crippen molar-refractivity contribution in [3.8, 4) is 5.75 Å². The molecule has 6 heteroatoms. The number of nitrogens with zero attached hydrogens (tertiary/aromatic N) is 1. The molecule has 0 atom stereocenters. The van der Waals surface area contributed by atoms with Gasteiger partial charge in [0.15, 0.2) is 6.61 Å². The Labute approximate surface area is 109 Å². The molecule has 2 rings (SSSR count). The van der Waals surface area contributed by atoms with Gasteiger partial charge in [-0.2, -0.15) is 0 Å². The number of aromatic nitrogens is 1. The largest absolute Gasteiger partial charge is 0.482 e. The van der Waals surface area contributed by atoms with Crippen molar-refractivity contribution >= 4 is 23.1 Å². The van der Waals surface area contributed by atoms with Gasteiger partial charge in [-0.1, -0.05) is 5.16 Å². The van der Waals surface area contributed by atoms with Crippen molar-refractivity contribution in [1.82, 2.24) is 4.98 Å². The highest BCUT2D eigenvalue weighted by Gasteiger charge is 2.06. The molecule has 0 aliphatic rings. The third kappa shape index (κ3) is 3.04. The average Bonchev–Trinajstić information content (AvgIpc) is 2.80. The molecule has 2 N–H and O–H groups in total. The van der Waals surface area contributed by atoms with Crippen LogP contribution in [0.3, 0.4) is 0 Å². The molecule has 6 nitrogen and oxygen atoms in total. The second-order valence-electron chi connectivity index (χ2n) is 3.79. The molecule has 0 spiro atoms. The van der Waals surface area contributed by atoms with Gasteiger partial charge in [-0.15, -0.1) is 0 Å². The molecule has 0 unspecified atom stereocenters. The molecule has 19 heavy (non-hydrogen) atoms. The third-order valence-electron chi connectivity index (χ3n) is 2.54. The summed E-state index contributed by atoms with van der Waals surface area (Å²) in [4.78, 5) is 14.2. The van der Waals surface area contributed by atoms with Crippen molar-refractivity contribution in [1.29, 1.82) is 0 Å². The number of hydrogen-bond acceptors (Lipinski definition) is 5. The molecule has 0 aliphatic heterocycles. The smallest absolute Gasteiger partial charge is 0.344 e. The fraction of sp³-hybridized carbons (Fsp3) is 0.231. The molecule has 1 heterocycles. The molecular formula is C13H14N2O4. The lowest BCUT2D eigenvalue weighted by Crippen LogP contribution is -2.14. The normalized spacial score (nSPS) is 11.0. The van der Waals surface area contributed by atoms with Crippen LogP contribution in [0.2, 0.25) is 0 Å². The Morgan fingerprint density at radius 3 is 3.11 bits per heavy atom. The summed E-state index contributed by atoms with van der Waals surface area (Å²) in [6, 6.07) is 5.34. The molecule has 0 radical (unpaired) electrons. The van der Waals surface area contributed by atoms with Crippen LogP contribution in [-0.4, -0.2) is 35.6 Å². The fourth-order valence-corrected chi connectivity index (χ4v) is 1.73. The number of oxime groups is 1. The highest BCUT2D eigenvalue weighted by atomic mass is 16.6. The van der Waals surface area contributed by atoms with Gasteiger partial charge >= 0.3 is 5.97 Å². The third-order valence-corrected chi connectivity index (χ3v) is 2.54. The Morgan fingerprint density at radius 2 is 2.37 bits per heavy atom. The Hall–Kier alpha value is -2.50. The van der Waals surface area contributed by atoms with Crippen LogP contribution in [0.15, 0.2) is 29.6 Å². The first-order valence-electron chi connectivity index (χ1n) is 5.81. The van der Waals surface area contributed by atoms with E-state index in [1.54, 1.807) is 25.3 Å². The Bertz CT molecular complexity index is 604. The van der Waals surface area contributed by atoms with Crippen LogP contribution in [-0.2, 0) is 9.53 Å². The van der Waals surface area contributed by atoms with E-state index < -0.39 is 5.97 Å². The van der Waals surface area contributed by atoms with Gasteiger partial charge in [-0.3, -0.25) is 0 Å². The number of aromatic amines is 1. The molecule has 1 aromatic carbocycles. The van der Waals surface area contributed by atoms with E-state index in [4.69, 9.17) is 14.7 Å². The maximum atomic E-state index is 11.2. The SMILES string of the molecule is CCOC(=O)COc1ccc2[nH]cc(C=NO)c2c1. The van der Waals surface area contributed by atoms with E-state index in [0.717, 1.165) is 16.5 Å². The predicted molar refractivity (Wildman–Crippen MR) is 69.8 cm³/mol. The monoisotopic (exact) mass is 262 g/mol. The van der Waals surface area contributed by atoms with Crippen LogP contribution in [0, 0.1) is 0 Å². The minimum Gasteiger partial charge on any atom is -0.482 e. The first-order chi connectivity index (χ1) is 9.24. The van der Waals surface area contributed by atoms with E-state index >= 15 is 0 Å². The summed E-state index contributed by atoms with van der Waals surface area (Å²) < 4.78 is 10.1. The summed E-state index contributed by atoms with van der Waals surface area (Å²) >= 11 is 0. The first kappa shape index (κ1) is 12.9. The van der Waals surface area contributed by atoms with Crippen LogP contribution in [0.25, 0.3) is 10.9 Å². The zero-order valence-electron chi connectivity index (χ0n) is 10.4. The maximum Gasteiger partial charge on any atom is 0.344 e. The summed E-state index contributed by atoms with van der Waals surface area (Å²) in [6.07, 6.45) is 3.05. The van der Waals surface area contributed by atoms with Crippen LogP contribution >= 0.6 is 0 Å². The molecular weight excluding hydrogens is 248 g/mol. The molecule has 0 saturated carbocycles. The molecule has 0 aliphatic carbocycles. The highest BCUT2D eigenvalue weighted by molar-refractivity contribution is 5.99. The van der Waals surface area contributed by atoms with Crippen molar-refractivity contribution < 1.29 is 19.5 Å². The van der Waals surface area contributed by atoms with Gasteiger partial charge < -0.3 is 19.7 Å². The van der Waals surface area contributed by atoms with Gasteiger partial charge in [0.25, 0.3) is 0 Å². The van der Waals surface area contributed by atoms with Crippen LogP contribution in [0.1, 0.15) is 12.5 Å². The lowest BCUT2D eigenvalue weighted by Gasteiger charge is -2.05. The van der Waals surface area contributed by atoms with Gasteiger partial charge in [0.05, 0.1) is 12.8 Å². The summed E-state index contributed by atoms with van der Waals surface area (Å²) in [6.45, 7) is 1.94. The number of nitrogens with one attached hydrogen (secondary N) is 1. The van der Waals surface area contributed by atoms with E-state index in [0.29, 0.717) is 12.4 Å². The van der Waals surface area contributed by atoms with Gasteiger partial charge in [0.2, 0.25) is 0 Å². The zero-order chi connectivity index (χ0) is 13.7. The molecule has 2 aromatic rings. The zero-order valence-corrected chi connectivity index (χ0v) is 10.4. The van der Waals surface area contributed by atoms with Gasteiger partial charge in [0, 0.05) is 22.7 Å². The topological polar surface area (TPSA) is 83.9 Å². The lowest BCUT2D eigenvalue weighted by atomic mass is 10.2. The number of fused-ring (bicyclic) bond motifs is 1. The minimum absolute atomic E-state index is 0.132. The number of carbonyl (C=O) groups is 1. The van der Waals surface area contributed by atoms with Crippen molar-refractivity contribution in [2.24, 2.45) is 5.16 Å². The molecule has 0 fully saturated rings. The number of rotatable bonds is 5. The highest BCUT2D eigenvalue weighted by Crippen LogP contribution is 2.22. The number of hydrogen-bond donors (Lipinski definition) is 2. The van der Waals surface area contributed by atoms with E-state index in [1.165, 1.54) is 6.21 Å². The minimum atomic E-state index is -0.409. The molecule has 0 amide bonds. The van der Waals surface area contributed by atoms with Crippen molar-refractivity contribution in [2.75, 3.05) is 13.2 Å². The summed E-state index contributed by atoms with van der Waals surface area (Å²) in [5, 5.41) is 12.4. The summed E-state index contributed by atoms with van der Waals surface area (Å²) in [5.41, 5.74) is 1.62. The second kappa shape index (κ2) is 5.90. The summed E-state index contributed by atoms with van der Waals surface area (Å²) in [5.74, 6) is 0.140. The van der Waals surface area contributed by atoms with E-state index in [1.807, 2.05) is 6.07 Å². The quantitative estimate of drug-likeness (QED) is 0.373. The number of ether oxygens (including phenoxy) is 2. The number of benzene rings is 1. The molecule has 100 valence electrons. The second-order valence-corrected chi connectivity index (χ2v) is 3.79.